The minimum absolute atomic E-state index is 0.00245. The number of esters is 1. The van der Waals surface area contributed by atoms with Crippen LogP contribution in [0.25, 0.3) is 0 Å². The second kappa shape index (κ2) is 60.6. The first kappa shape index (κ1) is 69.1. The SMILES string of the molecule is CCCCC/C=C\C/C=C\CCCCCCCC(=O)OCCCCCCCCCCCCCCCCCCCCCCCC(=O)NC(CO)C(O)/C=C/CCCCCCCCCCCCCCCCCC. The van der Waals surface area contributed by atoms with Gasteiger partial charge in [-0.25, -0.2) is 0 Å². The number of ether oxygens (including phenoxy) is 1. The highest BCUT2D eigenvalue weighted by molar-refractivity contribution is 5.76. The van der Waals surface area contributed by atoms with Crippen LogP contribution in [-0.4, -0.2) is 47.4 Å². The van der Waals surface area contributed by atoms with Gasteiger partial charge in [-0.2, -0.15) is 0 Å². The second-order valence-corrected chi connectivity index (χ2v) is 21.7. The van der Waals surface area contributed by atoms with Gasteiger partial charge in [-0.3, -0.25) is 9.59 Å². The summed E-state index contributed by atoms with van der Waals surface area (Å²) < 4.78 is 5.48. The third kappa shape index (κ3) is 57.2. The molecule has 0 aliphatic rings. The van der Waals surface area contributed by atoms with E-state index in [4.69, 9.17) is 4.74 Å². The van der Waals surface area contributed by atoms with Crippen molar-refractivity contribution in [3.8, 4) is 0 Å². The van der Waals surface area contributed by atoms with Gasteiger partial charge in [0.05, 0.1) is 25.4 Å². The van der Waals surface area contributed by atoms with Gasteiger partial charge < -0.3 is 20.3 Å². The highest BCUT2D eigenvalue weighted by Gasteiger charge is 2.18. The molecule has 6 heteroatoms. The molecule has 0 aliphatic heterocycles. The molecule has 0 aliphatic carbocycles. The molecule has 418 valence electrons. The van der Waals surface area contributed by atoms with Crippen molar-refractivity contribution in [2.75, 3.05) is 13.2 Å². The number of aliphatic hydroxyl groups excluding tert-OH is 2. The molecular formula is C65H123NO5. The maximum atomic E-state index is 12.5. The third-order valence-corrected chi connectivity index (χ3v) is 14.7. The molecule has 0 spiro atoms. The lowest BCUT2D eigenvalue weighted by Gasteiger charge is -2.20. The number of nitrogens with one attached hydrogen (secondary N) is 1. The lowest BCUT2D eigenvalue weighted by atomic mass is 10.0. The predicted octanol–water partition coefficient (Wildman–Crippen LogP) is 20.0. The quantitative estimate of drug-likeness (QED) is 0.0321. The number of aliphatic hydroxyl groups is 2. The zero-order chi connectivity index (χ0) is 51.4. The van der Waals surface area contributed by atoms with Gasteiger partial charge >= 0.3 is 5.97 Å². The minimum atomic E-state index is -0.846. The zero-order valence-electron chi connectivity index (χ0n) is 47.7. The van der Waals surface area contributed by atoms with Crippen LogP contribution >= 0.6 is 0 Å². The number of carbonyl (C=O) groups excluding carboxylic acids is 2. The van der Waals surface area contributed by atoms with E-state index in [0.29, 0.717) is 19.4 Å². The molecular weight excluding hydrogens is 875 g/mol. The molecule has 0 bridgehead atoms. The number of hydrogen-bond acceptors (Lipinski definition) is 5. The lowest BCUT2D eigenvalue weighted by molar-refractivity contribution is -0.143. The normalized spacial score (nSPS) is 12.8. The van der Waals surface area contributed by atoms with Crippen molar-refractivity contribution < 1.29 is 24.5 Å². The van der Waals surface area contributed by atoms with Crippen molar-refractivity contribution in [1.82, 2.24) is 5.32 Å². The van der Waals surface area contributed by atoms with E-state index in [1.807, 2.05) is 6.08 Å². The maximum absolute atomic E-state index is 12.5. The molecule has 0 heterocycles. The Morgan fingerprint density at radius 2 is 0.704 bits per heavy atom. The molecule has 2 unspecified atom stereocenters. The van der Waals surface area contributed by atoms with E-state index in [0.717, 1.165) is 51.4 Å². The summed E-state index contributed by atoms with van der Waals surface area (Å²) in [5.41, 5.74) is 0. The smallest absolute Gasteiger partial charge is 0.305 e. The summed E-state index contributed by atoms with van der Waals surface area (Å²) in [6.45, 7) is 4.89. The first-order valence-corrected chi connectivity index (χ1v) is 31.8. The van der Waals surface area contributed by atoms with E-state index in [2.05, 4.69) is 43.5 Å². The summed E-state index contributed by atoms with van der Waals surface area (Å²) in [4.78, 5) is 24.5. The number of unbranched alkanes of at least 4 members (excludes halogenated alkanes) is 44. The first-order chi connectivity index (χ1) is 35.0. The average molecular weight is 999 g/mol. The maximum Gasteiger partial charge on any atom is 0.305 e. The van der Waals surface area contributed by atoms with Crippen LogP contribution < -0.4 is 5.32 Å². The van der Waals surface area contributed by atoms with Crippen LogP contribution in [-0.2, 0) is 14.3 Å². The Balaban J connectivity index is 3.42. The predicted molar refractivity (Wildman–Crippen MR) is 310 cm³/mol. The molecule has 0 fully saturated rings. The van der Waals surface area contributed by atoms with E-state index in [-0.39, 0.29) is 18.5 Å². The highest BCUT2D eigenvalue weighted by atomic mass is 16.5. The van der Waals surface area contributed by atoms with Crippen molar-refractivity contribution >= 4 is 11.9 Å². The largest absolute Gasteiger partial charge is 0.466 e. The molecule has 0 radical (unpaired) electrons. The lowest BCUT2D eigenvalue weighted by Crippen LogP contribution is -2.45. The fourth-order valence-corrected chi connectivity index (χ4v) is 9.78. The molecule has 71 heavy (non-hydrogen) atoms. The van der Waals surface area contributed by atoms with Gasteiger partial charge in [-0.1, -0.05) is 301 Å². The highest BCUT2D eigenvalue weighted by Crippen LogP contribution is 2.18. The molecule has 1 amide bonds. The standard InChI is InChI=1S/C65H123NO5/c1-3-5-7-9-11-13-15-17-19-20-26-30-33-37-41-45-49-53-57-63(68)62(61-67)66-64(69)58-54-50-46-42-38-34-31-27-24-22-21-23-25-28-32-36-40-44-48-52-56-60-71-65(70)59-55-51-47-43-39-35-29-18-16-14-12-10-8-6-4-2/h12,14,18,29,53,57,62-63,67-68H,3-11,13,15-17,19-28,30-52,54-56,58-61H2,1-2H3,(H,66,69)/b14-12-,29-18-,57-53+. The van der Waals surface area contributed by atoms with Crippen LogP contribution in [0.4, 0.5) is 0 Å². The van der Waals surface area contributed by atoms with Crippen molar-refractivity contribution in [2.24, 2.45) is 0 Å². The van der Waals surface area contributed by atoms with Crippen LogP contribution in [0.15, 0.2) is 36.5 Å². The molecule has 2 atom stereocenters. The Kier molecular flexibility index (Phi) is 59.0. The van der Waals surface area contributed by atoms with Gasteiger partial charge in [-0.05, 0) is 64.2 Å². The van der Waals surface area contributed by atoms with Crippen LogP contribution in [0.5, 0.6) is 0 Å². The number of allylic oxidation sites excluding steroid dienone is 5. The van der Waals surface area contributed by atoms with Crippen molar-refractivity contribution in [3.63, 3.8) is 0 Å². The number of amides is 1. The Morgan fingerprint density at radius 1 is 0.394 bits per heavy atom. The molecule has 0 saturated carbocycles. The van der Waals surface area contributed by atoms with Crippen molar-refractivity contribution in [3.05, 3.63) is 36.5 Å². The van der Waals surface area contributed by atoms with Crippen molar-refractivity contribution in [2.45, 2.75) is 353 Å². The van der Waals surface area contributed by atoms with Crippen LogP contribution in [0.1, 0.15) is 341 Å². The molecule has 0 rings (SSSR count). The van der Waals surface area contributed by atoms with Gasteiger partial charge in [0.15, 0.2) is 0 Å². The van der Waals surface area contributed by atoms with Gasteiger partial charge in [0.25, 0.3) is 0 Å². The summed E-state index contributed by atoms with van der Waals surface area (Å²) in [5.74, 6) is -0.0694. The van der Waals surface area contributed by atoms with Gasteiger partial charge in [0.1, 0.15) is 0 Å². The van der Waals surface area contributed by atoms with E-state index in [9.17, 15) is 19.8 Å². The fraction of sp³-hybridized carbons (Fsp3) is 0.877. The monoisotopic (exact) mass is 998 g/mol. The van der Waals surface area contributed by atoms with E-state index in [1.165, 1.54) is 263 Å². The van der Waals surface area contributed by atoms with Crippen LogP contribution in [0, 0.1) is 0 Å². The van der Waals surface area contributed by atoms with Gasteiger partial charge in [0, 0.05) is 12.8 Å². The second-order valence-electron chi connectivity index (χ2n) is 21.7. The van der Waals surface area contributed by atoms with E-state index >= 15 is 0 Å². The summed E-state index contributed by atoms with van der Waals surface area (Å²) in [6.07, 6.45) is 76.1. The van der Waals surface area contributed by atoms with Gasteiger partial charge in [-0.15, -0.1) is 0 Å². The molecule has 0 aromatic rings. The Morgan fingerprint density at radius 3 is 1.10 bits per heavy atom. The summed E-state index contributed by atoms with van der Waals surface area (Å²) >= 11 is 0. The number of hydrogen-bond donors (Lipinski definition) is 3. The summed E-state index contributed by atoms with van der Waals surface area (Å²) in [5, 5.41) is 23.2. The molecule has 0 aromatic heterocycles. The molecule has 3 N–H and O–H groups in total. The van der Waals surface area contributed by atoms with Gasteiger partial charge in [0.2, 0.25) is 5.91 Å². The van der Waals surface area contributed by atoms with E-state index in [1.54, 1.807) is 6.08 Å². The fourth-order valence-electron chi connectivity index (χ4n) is 9.78. The number of rotatable bonds is 59. The average Bonchev–Trinajstić information content (AvgIpc) is 3.37. The Bertz CT molecular complexity index is 1150. The zero-order valence-corrected chi connectivity index (χ0v) is 47.7. The van der Waals surface area contributed by atoms with Crippen LogP contribution in [0.2, 0.25) is 0 Å². The topological polar surface area (TPSA) is 95.9 Å². The Hall–Kier alpha value is -1.92. The first-order valence-electron chi connectivity index (χ1n) is 31.8. The minimum Gasteiger partial charge on any atom is -0.466 e. The van der Waals surface area contributed by atoms with Crippen molar-refractivity contribution in [1.29, 1.82) is 0 Å². The Labute approximate surface area is 443 Å². The molecule has 0 saturated heterocycles. The summed E-state index contributed by atoms with van der Waals surface area (Å²) in [7, 11) is 0. The van der Waals surface area contributed by atoms with Crippen LogP contribution in [0.3, 0.4) is 0 Å². The van der Waals surface area contributed by atoms with E-state index < -0.39 is 12.1 Å². The number of carbonyl (C=O) groups is 2. The molecule has 0 aromatic carbocycles. The summed E-state index contributed by atoms with van der Waals surface area (Å²) in [6, 6.07) is -0.629. The third-order valence-electron chi connectivity index (χ3n) is 14.7. The molecule has 6 nitrogen and oxygen atoms in total.